The molecule has 0 unspecified atom stereocenters. The largest absolute Gasteiger partial charge is 0.356 e. The number of thiazole rings is 1. The summed E-state index contributed by atoms with van der Waals surface area (Å²) < 4.78 is 0. The molecule has 0 saturated heterocycles. The summed E-state index contributed by atoms with van der Waals surface area (Å²) in [5.41, 5.74) is 0.866. The molecule has 1 fully saturated rings. The van der Waals surface area contributed by atoms with E-state index >= 15 is 0 Å². The van der Waals surface area contributed by atoms with Gasteiger partial charge in [-0.1, -0.05) is 25.3 Å². The van der Waals surface area contributed by atoms with Crippen LogP contribution in [0.15, 0.2) is 22.9 Å². The molecular weight excluding hydrogens is 350 g/mol. The SMILES string of the molecule is CN(CCCNC(=O)Cc1csc(-c2cccs2)n1)C1CCCCC1. The first-order valence-corrected chi connectivity index (χ1v) is 10.9. The van der Waals surface area contributed by atoms with Crippen LogP contribution in [0, 0.1) is 0 Å². The highest BCUT2D eigenvalue weighted by atomic mass is 32.1. The molecule has 1 aliphatic carbocycles. The smallest absolute Gasteiger partial charge is 0.226 e. The van der Waals surface area contributed by atoms with Gasteiger partial charge in [-0.05, 0) is 44.3 Å². The van der Waals surface area contributed by atoms with Gasteiger partial charge in [0.1, 0.15) is 5.01 Å². The Kier molecular flexibility index (Phi) is 7.02. The third-order valence-electron chi connectivity index (χ3n) is 4.83. The predicted molar refractivity (Wildman–Crippen MR) is 106 cm³/mol. The fourth-order valence-electron chi connectivity index (χ4n) is 3.39. The summed E-state index contributed by atoms with van der Waals surface area (Å²) in [7, 11) is 2.22. The van der Waals surface area contributed by atoms with Crippen molar-refractivity contribution in [3.63, 3.8) is 0 Å². The van der Waals surface area contributed by atoms with Gasteiger partial charge in [0.25, 0.3) is 0 Å². The zero-order valence-corrected chi connectivity index (χ0v) is 16.5. The Morgan fingerprint density at radius 3 is 2.92 bits per heavy atom. The number of amides is 1. The van der Waals surface area contributed by atoms with Crippen molar-refractivity contribution < 1.29 is 4.79 Å². The van der Waals surface area contributed by atoms with Crippen LogP contribution in [0.4, 0.5) is 0 Å². The van der Waals surface area contributed by atoms with Gasteiger partial charge in [0.15, 0.2) is 0 Å². The summed E-state index contributed by atoms with van der Waals surface area (Å²) >= 11 is 3.29. The van der Waals surface area contributed by atoms with Gasteiger partial charge >= 0.3 is 0 Å². The predicted octanol–water partition coefficient (Wildman–Crippen LogP) is 4.18. The lowest BCUT2D eigenvalue weighted by molar-refractivity contribution is -0.120. The Bertz CT molecular complexity index is 647. The van der Waals surface area contributed by atoms with Gasteiger partial charge in [0.05, 0.1) is 17.0 Å². The highest BCUT2D eigenvalue weighted by Gasteiger charge is 2.17. The molecule has 0 atom stereocenters. The van der Waals surface area contributed by atoms with E-state index in [2.05, 4.69) is 28.3 Å². The van der Waals surface area contributed by atoms with Gasteiger partial charge in [-0.2, -0.15) is 0 Å². The van der Waals surface area contributed by atoms with Crippen molar-refractivity contribution in [1.29, 1.82) is 0 Å². The first-order valence-electron chi connectivity index (χ1n) is 9.17. The van der Waals surface area contributed by atoms with Crippen LogP contribution >= 0.6 is 22.7 Å². The van der Waals surface area contributed by atoms with Gasteiger partial charge in [0.2, 0.25) is 5.91 Å². The number of nitrogens with one attached hydrogen (secondary N) is 1. The van der Waals surface area contributed by atoms with Gasteiger partial charge < -0.3 is 10.2 Å². The van der Waals surface area contributed by atoms with E-state index in [9.17, 15) is 4.79 Å². The van der Waals surface area contributed by atoms with Crippen LogP contribution in [0.5, 0.6) is 0 Å². The highest BCUT2D eigenvalue weighted by molar-refractivity contribution is 7.20. The Morgan fingerprint density at radius 1 is 1.32 bits per heavy atom. The van der Waals surface area contributed by atoms with Crippen molar-refractivity contribution in [2.75, 3.05) is 20.1 Å². The fourth-order valence-corrected chi connectivity index (χ4v) is 5.02. The van der Waals surface area contributed by atoms with Gasteiger partial charge in [-0.3, -0.25) is 4.79 Å². The van der Waals surface area contributed by atoms with E-state index in [-0.39, 0.29) is 5.91 Å². The number of carbonyl (C=O) groups excluding carboxylic acids is 1. The molecule has 2 heterocycles. The maximum Gasteiger partial charge on any atom is 0.226 e. The van der Waals surface area contributed by atoms with Crippen LogP contribution < -0.4 is 5.32 Å². The molecule has 3 rings (SSSR count). The molecular formula is C19H27N3OS2. The van der Waals surface area contributed by atoms with E-state index in [1.165, 1.54) is 37.0 Å². The topological polar surface area (TPSA) is 45.2 Å². The molecule has 1 aliphatic rings. The summed E-state index contributed by atoms with van der Waals surface area (Å²) in [5.74, 6) is 0.0725. The van der Waals surface area contributed by atoms with Crippen molar-refractivity contribution in [2.45, 2.75) is 51.0 Å². The average molecular weight is 378 g/mol. The lowest BCUT2D eigenvalue weighted by Crippen LogP contribution is -2.36. The molecule has 0 spiro atoms. The summed E-state index contributed by atoms with van der Waals surface area (Å²) in [6.07, 6.45) is 8.18. The molecule has 0 aliphatic heterocycles. The summed E-state index contributed by atoms with van der Waals surface area (Å²) in [4.78, 5) is 20.3. The molecule has 4 nitrogen and oxygen atoms in total. The van der Waals surface area contributed by atoms with Crippen LogP contribution in [0.2, 0.25) is 0 Å². The lowest BCUT2D eigenvalue weighted by atomic mass is 9.94. The van der Waals surface area contributed by atoms with Gasteiger partial charge in [-0.25, -0.2) is 4.98 Å². The molecule has 0 bridgehead atoms. The number of hydrogen-bond acceptors (Lipinski definition) is 5. The lowest BCUT2D eigenvalue weighted by Gasteiger charge is -2.31. The summed E-state index contributed by atoms with van der Waals surface area (Å²) in [6, 6.07) is 4.84. The number of nitrogens with zero attached hydrogens (tertiary/aromatic N) is 2. The monoisotopic (exact) mass is 377 g/mol. The zero-order valence-electron chi connectivity index (χ0n) is 14.9. The van der Waals surface area contributed by atoms with Crippen LogP contribution in [0.25, 0.3) is 9.88 Å². The summed E-state index contributed by atoms with van der Waals surface area (Å²) in [6.45, 7) is 1.81. The molecule has 136 valence electrons. The minimum atomic E-state index is 0.0725. The van der Waals surface area contributed by atoms with E-state index in [4.69, 9.17) is 0 Å². The Hall–Kier alpha value is -1.24. The number of thiophene rings is 1. The summed E-state index contributed by atoms with van der Waals surface area (Å²) in [5, 5.41) is 8.08. The second kappa shape index (κ2) is 9.46. The standard InChI is InChI=1S/C19H27N3OS2/c1-22(16-7-3-2-4-8-16)11-6-10-20-18(23)13-15-14-25-19(21-15)17-9-5-12-24-17/h5,9,12,14,16H,2-4,6-8,10-11,13H2,1H3,(H,20,23). The van der Waals surface area contributed by atoms with Crippen molar-refractivity contribution >= 4 is 28.6 Å². The second-order valence-corrected chi connectivity index (χ2v) is 8.58. The first kappa shape index (κ1) is 18.5. The van der Waals surface area contributed by atoms with Crippen molar-refractivity contribution in [2.24, 2.45) is 0 Å². The van der Waals surface area contributed by atoms with E-state index in [1.54, 1.807) is 22.7 Å². The molecule has 1 amide bonds. The molecule has 0 aromatic carbocycles. The Morgan fingerprint density at radius 2 is 2.16 bits per heavy atom. The van der Waals surface area contributed by atoms with E-state index in [1.807, 2.05) is 16.8 Å². The average Bonchev–Trinajstić information content (AvgIpc) is 3.31. The van der Waals surface area contributed by atoms with Crippen molar-refractivity contribution in [3.05, 3.63) is 28.6 Å². The van der Waals surface area contributed by atoms with Crippen molar-refractivity contribution in [3.8, 4) is 9.88 Å². The Balaban J connectivity index is 1.34. The second-order valence-electron chi connectivity index (χ2n) is 6.77. The molecule has 2 aromatic heterocycles. The van der Waals surface area contributed by atoms with E-state index in [0.29, 0.717) is 6.42 Å². The normalized spacial score (nSPS) is 15.6. The quantitative estimate of drug-likeness (QED) is 0.702. The van der Waals surface area contributed by atoms with Gasteiger partial charge in [0, 0.05) is 18.0 Å². The molecule has 0 radical (unpaired) electrons. The first-order chi connectivity index (χ1) is 12.2. The molecule has 2 aromatic rings. The fraction of sp³-hybridized carbons (Fsp3) is 0.579. The van der Waals surface area contributed by atoms with Gasteiger partial charge in [-0.15, -0.1) is 22.7 Å². The number of hydrogen-bond donors (Lipinski definition) is 1. The third-order valence-corrected chi connectivity index (χ3v) is 6.76. The van der Waals surface area contributed by atoms with Crippen LogP contribution in [0.1, 0.15) is 44.2 Å². The highest BCUT2D eigenvalue weighted by Crippen LogP contribution is 2.27. The van der Waals surface area contributed by atoms with Crippen molar-refractivity contribution in [1.82, 2.24) is 15.2 Å². The molecule has 1 N–H and O–H groups in total. The maximum absolute atomic E-state index is 12.1. The van der Waals surface area contributed by atoms with Crippen LogP contribution in [0.3, 0.4) is 0 Å². The van der Waals surface area contributed by atoms with E-state index < -0.39 is 0 Å². The Labute approximate surface area is 158 Å². The third kappa shape index (κ3) is 5.62. The molecule has 25 heavy (non-hydrogen) atoms. The number of carbonyl (C=O) groups is 1. The molecule has 6 heteroatoms. The van der Waals surface area contributed by atoms with E-state index in [0.717, 1.165) is 36.3 Å². The number of rotatable bonds is 8. The number of aromatic nitrogens is 1. The van der Waals surface area contributed by atoms with Crippen LogP contribution in [-0.2, 0) is 11.2 Å². The maximum atomic E-state index is 12.1. The minimum Gasteiger partial charge on any atom is -0.356 e. The molecule has 1 saturated carbocycles. The van der Waals surface area contributed by atoms with Crippen LogP contribution in [-0.4, -0.2) is 42.0 Å². The minimum absolute atomic E-state index is 0.0725. The zero-order chi connectivity index (χ0) is 17.5.